The van der Waals surface area contributed by atoms with Gasteiger partial charge in [-0.25, -0.2) is 4.39 Å². The van der Waals surface area contributed by atoms with E-state index in [1.165, 1.54) is 18.2 Å². The molecule has 1 aromatic heterocycles. The molecule has 88 valence electrons. The van der Waals surface area contributed by atoms with E-state index >= 15 is 0 Å². The van der Waals surface area contributed by atoms with Crippen LogP contribution in [0, 0.1) is 5.82 Å². The molecule has 0 aliphatic carbocycles. The van der Waals surface area contributed by atoms with E-state index in [1.807, 2.05) is 0 Å². The van der Waals surface area contributed by atoms with Gasteiger partial charge in [0.2, 0.25) is 11.7 Å². The fourth-order valence-corrected chi connectivity index (χ4v) is 1.52. The van der Waals surface area contributed by atoms with Crippen molar-refractivity contribution in [3.63, 3.8) is 0 Å². The lowest BCUT2D eigenvalue weighted by molar-refractivity contribution is -0.136. The molecule has 0 spiro atoms. The number of hydrogen-bond donors (Lipinski definition) is 1. The van der Waals surface area contributed by atoms with Crippen molar-refractivity contribution in [2.75, 3.05) is 0 Å². The first-order valence-corrected chi connectivity index (χ1v) is 4.94. The predicted molar refractivity (Wildman–Crippen MR) is 56.0 cm³/mol. The Bertz CT molecular complexity index is 550. The second kappa shape index (κ2) is 4.50. The maximum atomic E-state index is 13.5. The van der Waals surface area contributed by atoms with Gasteiger partial charge in [-0.3, -0.25) is 4.79 Å². The molecule has 0 saturated carbocycles. The van der Waals surface area contributed by atoms with Gasteiger partial charge >= 0.3 is 5.97 Å². The Hall–Kier alpha value is -1.95. The second-order valence-corrected chi connectivity index (χ2v) is 3.59. The van der Waals surface area contributed by atoms with E-state index in [0.29, 0.717) is 0 Å². The zero-order valence-electron chi connectivity index (χ0n) is 8.35. The highest BCUT2D eigenvalue weighted by Crippen LogP contribution is 2.28. The predicted octanol–water partition coefficient (Wildman–Crippen LogP) is 2.16. The number of hydrogen-bond acceptors (Lipinski definition) is 4. The highest BCUT2D eigenvalue weighted by Gasteiger charge is 2.17. The first-order valence-electron chi connectivity index (χ1n) is 4.56. The lowest BCUT2D eigenvalue weighted by atomic mass is 10.2. The number of benzene rings is 1. The number of aliphatic carboxylic acids is 1. The van der Waals surface area contributed by atoms with Gasteiger partial charge in [0.15, 0.2) is 0 Å². The highest BCUT2D eigenvalue weighted by atomic mass is 35.5. The summed E-state index contributed by atoms with van der Waals surface area (Å²) < 4.78 is 18.2. The lowest BCUT2D eigenvalue weighted by Crippen LogP contribution is -2.00. The molecular weight excluding hydrogens is 251 g/mol. The summed E-state index contributed by atoms with van der Waals surface area (Å²) in [5.41, 5.74) is -0.00504. The van der Waals surface area contributed by atoms with Crippen molar-refractivity contribution < 1.29 is 18.8 Å². The highest BCUT2D eigenvalue weighted by molar-refractivity contribution is 6.33. The topological polar surface area (TPSA) is 76.2 Å². The van der Waals surface area contributed by atoms with Crippen LogP contribution in [0.3, 0.4) is 0 Å². The van der Waals surface area contributed by atoms with Crippen molar-refractivity contribution in [1.29, 1.82) is 0 Å². The molecule has 0 radical (unpaired) electrons. The molecule has 0 unspecified atom stereocenters. The minimum atomic E-state index is -1.11. The van der Waals surface area contributed by atoms with Crippen molar-refractivity contribution in [3.05, 3.63) is 34.9 Å². The zero-order chi connectivity index (χ0) is 12.4. The van der Waals surface area contributed by atoms with Crippen LogP contribution >= 0.6 is 11.6 Å². The van der Waals surface area contributed by atoms with Gasteiger partial charge in [-0.05, 0) is 12.1 Å². The van der Waals surface area contributed by atoms with E-state index in [1.54, 1.807) is 0 Å². The molecule has 0 fully saturated rings. The van der Waals surface area contributed by atoms with Gasteiger partial charge in [0, 0.05) is 0 Å². The van der Waals surface area contributed by atoms with Gasteiger partial charge in [0.25, 0.3) is 0 Å². The normalized spacial score (nSPS) is 10.5. The maximum absolute atomic E-state index is 13.5. The molecule has 1 N–H and O–H groups in total. The van der Waals surface area contributed by atoms with Crippen LogP contribution in [-0.4, -0.2) is 21.2 Å². The van der Waals surface area contributed by atoms with Crippen LogP contribution in [0.5, 0.6) is 0 Å². The monoisotopic (exact) mass is 256 g/mol. The number of carboxylic acids is 1. The van der Waals surface area contributed by atoms with Crippen molar-refractivity contribution in [2.45, 2.75) is 6.42 Å². The number of aromatic nitrogens is 2. The fraction of sp³-hybridized carbons (Fsp3) is 0.100. The summed E-state index contributed by atoms with van der Waals surface area (Å²) in [6.45, 7) is 0. The van der Waals surface area contributed by atoms with E-state index in [4.69, 9.17) is 16.7 Å². The maximum Gasteiger partial charge on any atom is 0.312 e. The summed E-state index contributed by atoms with van der Waals surface area (Å²) in [5, 5.41) is 12.1. The first-order chi connectivity index (χ1) is 8.08. The van der Waals surface area contributed by atoms with Gasteiger partial charge in [-0.2, -0.15) is 4.98 Å². The molecule has 5 nitrogen and oxygen atoms in total. The quantitative estimate of drug-likeness (QED) is 0.911. The van der Waals surface area contributed by atoms with Crippen LogP contribution in [0.2, 0.25) is 5.02 Å². The van der Waals surface area contributed by atoms with Crippen LogP contribution < -0.4 is 0 Å². The van der Waals surface area contributed by atoms with Crippen LogP contribution in [0.1, 0.15) is 5.89 Å². The molecule has 0 amide bonds. The van der Waals surface area contributed by atoms with Crippen LogP contribution in [0.4, 0.5) is 4.39 Å². The Balaban J connectivity index is 2.40. The number of halogens is 2. The number of carbonyl (C=O) groups is 1. The summed E-state index contributed by atoms with van der Waals surface area (Å²) in [5.74, 6) is -1.88. The number of nitrogens with zero attached hydrogens (tertiary/aromatic N) is 2. The average molecular weight is 257 g/mol. The summed E-state index contributed by atoms with van der Waals surface area (Å²) in [4.78, 5) is 14.2. The summed E-state index contributed by atoms with van der Waals surface area (Å²) >= 11 is 5.80. The minimum Gasteiger partial charge on any atom is -0.481 e. The third-order valence-electron chi connectivity index (χ3n) is 1.96. The molecular formula is C10H6ClFN2O3. The Labute approximate surface area is 99.8 Å². The zero-order valence-corrected chi connectivity index (χ0v) is 9.11. The van der Waals surface area contributed by atoms with E-state index in [2.05, 4.69) is 14.7 Å². The van der Waals surface area contributed by atoms with Crippen LogP contribution in [0.25, 0.3) is 11.4 Å². The molecule has 0 aliphatic rings. The Morgan fingerprint density at radius 3 is 2.94 bits per heavy atom. The van der Waals surface area contributed by atoms with Crippen molar-refractivity contribution in [2.24, 2.45) is 0 Å². The molecule has 0 atom stereocenters. The van der Waals surface area contributed by atoms with Crippen LogP contribution in [-0.2, 0) is 11.2 Å². The lowest BCUT2D eigenvalue weighted by Gasteiger charge is -1.99. The van der Waals surface area contributed by atoms with Gasteiger partial charge in [-0.15, -0.1) is 0 Å². The Kier molecular flexibility index (Phi) is 3.06. The molecule has 17 heavy (non-hydrogen) atoms. The van der Waals surface area contributed by atoms with E-state index in [0.717, 1.165) is 0 Å². The molecule has 0 saturated heterocycles. The van der Waals surface area contributed by atoms with Crippen molar-refractivity contribution in [3.8, 4) is 11.4 Å². The minimum absolute atomic E-state index is 0.00504. The third-order valence-corrected chi connectivity index (χ3v) is 2.27. The fourth-order valence-electron chi connectivity index (χ4n) is 1.27. The average Bonchev–Trinajstić information content (AvgIpc) is 2.65. The molecule has 2 aromatic rings. The van der Waals surface area contributed by atoms with E-state index in [9.17, 15) is 9.18 Å². The van der Waals surface area contributed by atoms with E-state index in [-0.39, 0.29) is 22.3 Å². The molecule has 2 rings (SSSR count). The van der Waals surface area contributed by atoms with Gasteiger partial charge in [0.1, 0.15) is 12.2 Å². The van der Waals surface area contributed by atoms with Crippen LogP contribution in [0.15, 0.2) is 22.7 Å². The number of carboxylic acid groups (broad SMARTS) is 1. The summed E-state index contributed by atoms with van der Waals surface area (Å²) in [6.07, 6.45) is -0.418. The van der Waals surface area contributed by atoms with Gasteiger partial charge in [0.05, 0.1) is 10.6 Å². The van der Waals surface area contributed by atoms with Gasteiger partial charge < -0.3 is 9.63 Å². The molecule has 7 heteroatoms. The molecule has 0 aliphatic heterocycles. The Morgan fingerprint density at radius 1 is 1.53 bits per heavy atom. The number of rotatable bonds is 3. The second-order valence-electron chi connectivity index (χ2n) is 3.18. The van der Waals surface area contributed by atoms with Crippen molar-refractivity contribution in [1.82, 2.24) is 10.1 Å². The molecule has 1 aromatic carbocycles. The standard InChI is InChI=1S/C10H6ClFN2O3/c11-5-2-1-3-6(12)9(5)10-13-7(17-14-10)4-8(15)16/h1-3H,4H2,(H,15,16). The molecule has 1 heterocycles. The third kappa shape index (κ3) is 2.42. The molecule has 0 bridgehead atoms. The van der Waals surface area contributed by atoms with E-state index < -0.39 is 18.2 Å². The summed E-state index contributed by atoms with van der Waals surface area (Å²) in [6, 6.07) is 4.13. The summed E-state index contributed by atoms with van der Waals surface area (Å²) in [7, 11) is 0. The first kappa shape index (κ1) is 11.5. The largest absolute Gasteiger partial charge is 0.481 e. The smallest absolute Gasteiger partial charge is 0.312 e. The Morgan fingerprint density at radius 2 is 2.29 bits per heavy atom. The van der Waals surface area contributed by atoms with Crippen molar-refractivity contribution >= 4 is 17.6 Å². The van der Waals surface area contributed by atoms with Gasteiger partial charge in [-0.1, -0.05) is 22.8 Å². The SMILES string of the molecule is O=C(O)Cc1nc(-c2c(F)cccc2Cl)no1.